The minimum absolute atomic E-state index is 0.158. The van der Waals surface area contributed by atoms with Gasteiger partial charge in [0.05, 0.1) is 5.92 Å². The summed E-state index contributed by atoms with van der Waals surface area (Å²) in [5.74, 6) is 0.223. The second-order valence-electron chi connectivity index (χ2n) is 7.35. The molecule has 0 bridgehead atoms. The fourth-order valence-electron chi connectivity index (χ4n) is 3.45. The lowest BCUT2D eigenvalue weighted by Crippen LogP contribution is -2.43. The second-order valence-corrected chi connectivity index (χ2v) is 10.4. The molecule has 2 aromatic heterocycles. The Bertz CT molecular complexity index is 1170. The molecular weight excluding hydrogens is 424 g/mol. The Morgan fingerprint density at radius 3 is 2.87 bits per heavy atom. The average molecular weight is 447 g/mol. The van der Waals surface area contributed by atoms with Gasteiger partial charge in [0.2, 0.25) is 17.6 Å². The van der Waals surface area contributed by atoms with E-state index in [1.165, 1.54) is 4.31 Å². The number of benzene rings is 1. The number of piperidine rings is 1. The molecular formula is C20H22N4O4S2. The number of sulfonamides is 1. The quantitative estimate of drug-likeness (QED) is 0.643. The molecule has 1 aliphatic heterocycles. The van der Waals surface area contributed by atoms with Crippen molar-refractivity contribution in [2.24, 2.45) is 5.92 Å². The number of carbonyl (C=O) groups excluding carboxylic acids is 1. The van der Waals surface area contributed by atoms with E-state index in [2.05, 4.69) is 15.5 Å². The van der Waals surface area contributed by atoms with E-state index in [4.69, 9.17) is 4.52 Å². The summed E-state index contributed by atoms with van der Waals surface area (Å²) in [5.41, 5.74) is 2.37. The third-order valence-corrected chi connectivity index (χ3v) is 8.28. The lowest BCUT2D eigenvalue weighted by Gasteiger charge is -2.30. The highest BCUT2D eigenvalue weighted by Gasteiger charge is 2.34. The van der Waals surface area contributed by atoms with Gasteiger partial charge in [-0.3, -0.25) is 4.79 Å². The molecule has 1 aliphatic rings. The molecule has 1 atom stereocenters. The summed E-state index contributed by atoms with van der Waals surface area (Å²) in [6.07, 6.45) is 1.29. The number of carbonyl (C=O) groups is 1. The maximum Gasteiger partial charge on any atom is 0.252 e. The predicted molar refractivity (Wildman–Crippen MR) is 114 cm³/mol. The van der Waals surface area contributed by atoms with Crippen molar-refractivity contribution in [3.05, 3.63) is 47.2 Å². The van der Waals surface area contributed by atoms with Crippen molar-refractivity contribution in [3.63, 3.8) is 0 Å². The molecule has 3 aromatic rings. The fraction of sp³-hybridized carbons (Fsp3) is 0.350. The Morgan fingerprint density at radius 2 is 2.13 bits per heavy atom. The van der Waals surface area contributed by atoms with Gasteiger partial charge >= 0.3 is 0 Å². The number of anilines is 1. The standard InChI is InChI=1S/C20H22N4O4S2/c1-13-5-3-7-17(9-13)22-20(25)15-6-4-8-24(11-15)30(26,27)18-10-16(12-29-18)19-21-14(2)28-23-19/h3,5,7,9-10,12,15H,4,6,8,11H2,1-2H3,(H,22,25)/t15-/m1/s1. The highest BCUT2D eigenvalue weighted by atomic mass is 32.2. The number of nitrogens with one attached hydrogen (secondary N) is 1. The number of aryl methyl sites for hydroxylation is 2. The molecule has 10 heteroatoms. The molecule has 0 radical (unpaired) electrons. The summed E-state index contributed by atoms with van der Waals surface area (Å²) < 4.78 is 32.9. The topological polar surface area (TPSA) is 105 Å². The van der Waals surface area contributed by atoms with Gasteiger partial charge in [-0.2, -0.15) is 9.29 Å². The molecule has 4 rings (SSSR count). The third-order valence-electron chi connectivity index (χ3n) is 5.00. The summed E-state index contributed by atoms with van der Waals surface area (Å²) in [5, 5.41) is 8.44. The van der Waals surface area contributed by atoms with Gasteiger partial charge in [-0.1, -0.05) is 17.3 Å². The van der Waals surface area contributed by atoms with E-state index in [1.54, 1.807) is 18.4 Å². The summed E-state index contributed by atoms with van der Waals surface area (Å²) in [6, 6.07) is 9.11. The van der Waals surface area contributed by atoms with Gasteiger partial charge in [0.15, 0.2) is 0 Å². The SMILES string of the molecule is Cc1cccc(NC(=O)[C@@H]2CCCN(S(=O)(=O)c3cc(-c4noc(C)n4)cs3)C2)c1. The number of hydrogen-bond donors (Lipinski definition) is 1. The van der Waals surface area contributed by atoms with Crippen LogP contribution in [0.15, 0.2) is 44.4 Å². The van der Waals surface area contributed by atoms with Gasteiger partial charge in [0, 0.05) is 36.6 Å². The number of amides is 1. The molecule has 1 saturated heterocycles. The summed E-state index contributed by atoms with van der Waals surface area (Å²) in [7, 11) is -3.70. The highest BCUT2D eigenvalue weighted by Crippen LogP contribution is 2.31. The molecule has 3 heterocycles. The van der Waals surface area contributed by atoms with Crippen LogP contribution in [0.3, 0.4) is 0 Å². The second kappa shape index (κ2) is 8.29. The highest BCUT2D eigenvalue weighted by molar-refractivity contribution is 7.91. The maximum atomic E-state index is 13.1. The van der Waals surface area contributed by atoms with E-state index < -0.39 is 15.9 Å². The number of rotatable bonds is 5. The Morgan fingerprint density at radius 1 is 1.30 bits per heavy atom. The maximum absolute atomic E-state index is 13.1. The van der Waals surface area contributed by atoms with E-state index >= 15 is 0 Å². The first-order valence-electron chi connectivity index (χ1n) is 9.60. The molecule has 1 aromatic carbocycles. The number of hydrogen-bond acceptors (Lipinski definition) is 7. The lowest BCUT2D eigenvalue weighted by atomic mass is 9.98. The zero-order valence-electron chi connectivity index (χ0n) is 16.7. The summed E-state index contributed by atoms with van der Waals surface area (Å²) in [4.78, 5) is 16.9. The van der Waals surface area contributed by atoms with Crippen molar-refractivity contribution in [3.8, 4) is 11.4 Å². The van der Waals surface area contributed by atoms with Gasteiger partial charge < -0.3 is 9.84 Å². The van der Waals surface area contributed by atoms with Crippen LogP contribution < -0.4 is 5.32 Å². The molecule has 1 N–H and O–H groups in total. The van der Waals surface area contributed by atoms with Crippen molar-refractivity contribution < 1.29 is 17.7 Å². The molecule has 158 valence electrons. The average Bonchev–Trinajstić information content (AvgIpc) is 3.37. The minimum Gasteiger partial charge on any atom is -0.339 e. The molecule has 1 fully saturated rings. The van der Waals surface area contributed by atoms with Crippen LogP contribution in [-0.2, 0) is 14.8 Å². The van der Waals surface area contributed by atoms with Crippen LogP contribution in [-0.4, -0.2) is 41.9 Å². The van der Waals surface area contributed by atoms with Gasteiger partial charge in [-0.25, -0.2) is 8.42 Å². The largest absolute Gasteiger partial charge is 0.339 e. The van der Waals surface area contributed by atoms with Crippen LogP contribution in [0.2, 0.25) is 0 Å². The van der Waals surface area contributed by atoms with Crippen LogP contribution in [0.25, 0.3) is 11.4 Å². The molecule has 1 amide bonds. The number of thiophene rings is 1. The van der Waals surface area contributed by atoms with Crippen LogP contribution in [0.1, 0.15) is 24.3 Å². The molecule has 0 spiro atoms. The van der Waals surface area contributed by atoms with Crippen molar-refractivity contribution in [1.82, 2.24) is 14.4 Å². The van der Waals surface area contributed by atoms with E-state index in [0.29, 0.717) is 36.7 Å². The van der Waals surface area contributed by atoms with E-state index in [0.717, 1.165) is 22.6 Å². The molecule has 30 heavy (non-hydrogen) atoms. The van der Waals surface area contributed by atoms with Gasteiger partial charge in [0.25, 0.3) is 10.0 Å². The predicted octanol–water partition coefficient (Wildman–Crippen LogP) is 3.45. The van der Waals surface area contributed by atoms with Crippen LogP contribution in [0, 0.1) is 19.8 Å². The molecule has 8 nitrogen and oxygen atoms in total. The van der Waals surface area contributed by atoms with Gasteiger partial charge in [-0.15, -0.1) is 11.3 Å². The first kappa shape index (κ1) is 20.7. The molecule has 0 saturated carbocycles. The molecule has 0 aliphatic carbocycles. The van der Waals surface area contributed by atoms with E-state index in [1.807, 2.05) is 31.2 Å². The van der Waals surface area contributed by atoms with Crippen LogP contribution >= 0.6 is 11.3 Å². The minimum atomic E-state index is -3.70. The fourth-order valence-corrected chi connectivity index (χ4v) is 6.29. The first-order valence-corrected chi connectivity index (χ1v) is 11.9. The van der Waals surface area contributed by atoms with Crippen molar-refractivity contribution in [1.29, 1.82) is 0 Å². The Hall–Kier alpha value is -2.56. The van der Waals surface area contributed by atoms with Crippen LogP contribution in [0.4, 0.5) is 5.69 Å². The summed E-state index contributed by atoms with van der Waals surface area (Å²) >= 11 is 1.12. The van der Waals surface area contributed by atoms with Crippen LogP contribution in [0.5, 0.6) is 0 Å². The number of nitrogens with zero attached hydrogens (tertiary/aromatic N) is 3. The van der Waals surface area contributed by atoms with Crippen molar-refractivity contribution >= 4 is 33.0 Å². The summed E-state index contributed by atoms with van der Waals surface area (Å²) in [6.45, 7) is 4.19. The zero-order valence-corrected chi connectivity index (χ0v) is 18.3. The Balaban J connectivity index is 1.48. The normalized spacial score (nSPS) is 17.7. The van der Waals surface area contributed by atoms with Crippen molar-refractivity contribution in [2.45, 2.75) is 30.9 Å². The Kier molecular flexibility index (Phi) is 5.72. The van der Waals surface area contributed by atoms with Crippen molar-refractivity contribution in [2.75, 3.05) is 18.4 Å². The van der Waals surface area contributed by atoms with Gasteiger partial charge in [0.1, 0.15) is 4.21 Å². The van der Waals surface area contributed by atoms with E-state index in [-0.39, 0.29) is 16.7 Å². The Labute approximate surface area is 179 Å². The molecule has 0 unspecified atom stereocenters. The van der Waals surface area contributed by atoms with Gasteiger partial charge in [-0.05, 0) is 43.5 Å². The zero-order chi connectivity index (χ0) is 21.3. The van der Waals surface area contributed by atoms with E-state index in [9.17, 15) is 13.2 Å². The smallest absolute Gasteiger partial charge is 0.252 e. The monoisotopic (exact) mass is 446 g/mol. The first-order chi connectivity index (χ1) is 14.3. The number of aromatic nitrogens is 2. The third kappa shape index (κ3) is 4.30. The lowest BCUT2D eigenvalue weighted by molar-refractivity contribution is -0.120.